The molecule has 0 radical (unpaired) electrons. The zero-order valence-corrected chi connectivity index (χ0v) is 12.8. The maximum absolute atomic E-state index is 12.3. The number of carbonyl (C=O) groups is 1. The lowest BCUT2D eigenvalue weighted by Crippen LogP contribution is -2.55. The summed E-state index contributed by atoms with van der Waals surface area (Å²) in [6.07, 6.45) is -4.34. The number of hydroxylamine groups is 2. The fourth-order valence-corrected chi connectivity index (χ4v) is 2.42. The Kier molecular flexibility index (Phi) is 5.84. The van der Waals surface area contributed by atoms with Crippen LogP contribution in [0.25, 0.3) is 0 Å². The van der Waals surface area contributed by atoms with Gasteiger partial charge in [0, 0.05) is 6.54 Å². The molecule has 1 fully saturated rings. The largest absolute Gasteiger partial charge is 0.522 e. The highest BCUT2D eigenvalue weighted by atomic mass is 19.4. The summed E-state index contributed by atoms with van der Waals surface area (Å²) in [4.78, 5) is 19.1. The van der Waals surface area contributed by atoms with Crippen molar-refractivity contribution in [1.82, 2.24) is 9.96 Å². The van der Waals surface area contributed by atoms with Crippen LogP contribution in [0.1, 0.15) is 18.9 Å². The van der Waals surface area contributed by atoms with E-state index in [2.05, 4.69) is 4.74 Å². The maximum atomic E-state index is 12.3. The van der Waals surface area contributed by atoms with Gasteiger partial charge in [-0.25, -0.2) is 9.86 Å². The molecule has 2 rings (SSSR count). The molecule has 0 spiro atoms. The number of hydrogen-bond acceptors (Lipinski definition) is 3. The second-order valence-electron chi connectivity index (χ2n) is 5.13. The predicted molar refractivity (Wildman–Crippen MR) is 76.1 cm³/mol. The molecule has 1 aromatic rings. The zero-order valence-electron chi connectivity index (χ0n) is 12.8. The lowest BCUT2D eigenvalue weighted by Gasteiger charge is -2.40. The van der Waals surface area contributed by atoms with E-state index >= 15 is 0 Å². The Bertz CT molecular complexity index is 510. The van der Waals surface area contributed by atoms with Gasteiger partial charge >= 0.3 is 12.4 Å². The first-order valence-corrected chi connectivity index (χ1v) is 7.36. The molecule has 1 aliphatic rings. The average molecular weight is 332 g/mol. The van der Waals surface area contributed by atoms with Crippen LogP contribution in [0.4, 0.5) is 18.0 Å². The van der Waals surface area contributed by atoms with E-state index in [1.807, 2.05) is 30.3 Å². The minimum atomic E-state index is -4.69. The van der Waals surface area contributed by atoms with Gasteiger partial charge in [0.05, 0.1) is 19.2 Å². The molecule has 0 bridgehead atoms. The molecule has 8 heteroatoms. The van der Waals surface area contributed by atoms with Crippen LogP contribution in [0.5, 0.6) is 0 Å². The van der Waals surface area contributed by atoms with Crippen molar-refractivity contribution in [3.63, 3.8) is 0 Å². The number of urea groups is 1. The molecule has 128 valence electrons. The van der Waals surface area contributed by atoms with Gasteiger partial charge in [-0.2, -0.15) is 0 Å². The van der Waals surface area contributed by atoms with Crippen molar-refractivity contribution in [2.45, 2.75) is 32.4 Å². The number of nitrogens with zero attached hydrogens (tertiary/aromatic N) is 2. The van der Waals surface area contributed by atoms with E-state index in [9.17, 15) is 18.0 Å². The third-order valence-electron chi connectivity index (χ3n) is 3.58. The minimum absolute atomic E-state index is 0.230. The van der Waals surface area contributed by atoms with Crippen LogP contribution in [-0.4, -0.2) is 48.1 Å². The number of amides is 2. The van der Waals surface area contributed by atoms with Crippen molar-refractivity contribution in [2.75, 3.05) is 19.7 Å². The van der Waals surface area contributed by atoms with Gasteiger partial charge in [0.2, 0.25) is 0 Å². The molecule has 0 N–H and O–H groups in total. The quantitative estimate of drug-likeness (QED) is 0.803. The summed E-state index contributed by atoms with van der Waals surface area (Å²) in [6.45, 7) is 1.90. The SMILES string of the molecule is CCN1C(=O)N(OCc2ccccc2)CC[C@H]1COC(F)(F)F. The Balaban J connectivity index is 1.90. The fraction of sp³-hybridized carbons (Fsp3) is 0.533. The highest BCUT2D eigenvalue weighted by Gasteiger charge is 2.37. The number of hydrogen-bond donors (Lipinski definition) is 0. The molecular formula is C15H19F3N2O3. The second kappa shape index (κ2) is 7.65. The number of ether oxygens (including phenoxy) is 1. The monoisotopic (exact) mass is 332 g/mol. The molecular weight excluding hydrogens is 313 g/mol. The van der Waals surface area contributed by atoms with E-state index in [4.69, 9.17) is 4.84 Å². The van der Waals surface area contributed by atoms with Gasteiger partial charge in [0.1, 0.15) is 6.61 Å². The zero-order chi connectivity index (χ0) is 16.9. The number of carbonyl (C=O) groups excluding carboxylic acids is 1. The third-order valence-corrected chi connectivity index (χ3v) is 3.58. The Hall–Kier alpha value is -1.80. The molecule has 1 atom stereocenters. The Morgan fingerprint density at radius 3 is 2.57 bits per heavy atom. The minimum Gasteiger partial charge on any atom is -0.318 e. The van der Waals surface area contributed by atoms with Crippen LogP contribution >= 0.6 is 0 Å². The van der Waals surface area contributed by atoms with E-state index in [0.29, 0.717) is 6.42 Å². The average Bonchev–Trinajstić information content (AvgIpc) is 2.52. The number of likely N-dealkylation sites (N-methyl/N-ethyl adjacent to an activating group) is 1. The van der Waals surface area contributed by atoms with Crippen molar-refractivity contribution in [2.24, 2.45) is 0 Å². The summed E-state index contributed by atoms with van der Waals surface area (Å²) in [7, 11) is 0. The van der Waals surface area contributed by atoms with E-state index < -0.39 is 25.0 Å². The van der Waals surface area contributed by atoms with Crippen LogP contribution in [0.3, 0.4) is 0 Å². The predicted octanol–water partition coefficient (Wildman–Crippen LogP) is 3.17. The first-order valence-electron chi connectivity index (χ1n) is 7.36. The number of halogens is 3. The molecule has 0 aliphatic carbocycles. The molecule has 0 saturated carbocycles. The van der Waals surface area contributed by atoms with Crippen molar-refractivity contribution in [3.05, 3.63) is 35.9 Å². The molecule has 1 heterocycles. The standard InChI is InChI=1S/C15H19F3N2O3/c1-2-19-13(11-22-15(16,17)18)8-9-20(14(19)21)23-10-12-6-4-3-5-7-12/h3-7,13H,2,8-11H2,1H3/t13-/m0/s1. The van der Waals surface area contributed by atoms with Crippen molar-refractivity contribution in [1.29, 1.82) is 0 Å². The lowest BCUT2D eigenvalue weighted by atomic mass is 10.1. The van der Waals surface area contributed by atoms with E-state index in [-0.39, 0.29) is 19.7 Å². The van der Waals surface area contributed by atoms with Crippen LogP contribution in [0, 0.1) is 0 Å². The Morgan fingerprint density at radius 2 is 1.96 bits per heavy atom. The maximum Gasteiger partial charge on any atom is 0.522 e. The normalized spacial score (nSPS) is 19.3. The smallest absolute Gasteiger partial charge is 0.318 e. The van der Waals surface area contributed by atoms with E-state index in [1.54, 1.807) is 6.92 Å². The van der Waals surface area contributed by atoms with E-state index in [1.165, 1.54) is 9.96 Å². The Morgan fingerprint density at radius 1 is 1.26 bits per heavy atom. The molecule has 5 nitrogen and oxygen atoms in total. The topological polar surface area (TPSA) is 42.0 Å². The third kappa shape index (κ3) is 5.11. The first kappa shape index (κ1) is 17.6. The molecule has 2 amide bonds. The van der Waals surface area contributed by atoms with Crippen LogP contribution in [-0.2, 0) is 16.2 Å². The second-order valence-corrected chi connectivity index (χ2v) is 5.13. The fourth-order valence-electron chi connectivity index (χ4n) is 2.42. The van der Waals surface area contributed by atoms with Gasteiger partial charge in [-0.1, -0.05) is 30.3 Å². The van der Waals surface area contributed by atoms with Crippen LogP contribution in [0.2, 0.25) is 0 Å². The molecule has 0 unspecified atom stereocenters. The number of benzene rings is 1. The highest BCUT2D eigenvalue weighted by Crippen LogP contribution is 2.22. The van der Waals surface area contributed by atoms with Crippen LogP contribution < -0.4 is 0 Å². The van der Waals surface area contributed by atoms with Crippen molar-refractivity contribution in [3.8, 4) is 0 Å². The first-order chi connectivity index (χ1) is 10.9. The summed E-state index contributed by atoms with van der Waals surface area (Å²) in [5.74, 6) is 0. The number of alkyl halides is 3. The lowest BCUT2D eigenvalue weighted by molar-refractivity contribution is -0.329. The molecule has 0 aromatic heterocycles. The summed E-state index contributed by atoms with van der Waals surface area (Å²) in [5.41, 5.74) is 0.908. The van der Waals surface area contributed by atoms with Gasteiger partial charge in [-0.05, 0) is 18.9 Å². The van der Waals surface area contributed by atoms with Crippen LogP contribution in [0.15, 0.2) is 30.3 Å². The van der Waals surface area contributed by atoms with Crippen molar-refractivity contribution < 1.29 is 27.5 Å². The summed E-state index contributed by atoms with van der Waals surface area (Å²) in [5, 5.41) is 1.20. The molecule has 1 aromatic carbocycles. The summed E-state index contributed by atoms with van der Waals surface area (Å²) < 4.78 is 40.4. The molecule has 23 heavy (non-hydrogen) atoms. The number of rotatable bonds is 6. The highest BCUT2D eigenvalue weighted by molar-refractivity contribution is 5.74. The van der Waals surface area contributed by atoms with Gasteiger partial charge in [-0.3, -0.25) is 9.57 Å². The van der Waals surface area contributed by atoms with Gasteiger partial charge < -0.3 is 4.90 Å². The van der Waals surface area contributed by atoms with Gasteiger partial charge in [-0.15, -0.1) is 13.2 Å². The Labute approximate surface area is 132 Å². The molecule has 1 aliphatic heterocycles. The van der Waals surface area contributed by atoms with Crippen molar-refractivity contribution >= 4 is 6.03 Å². The summed E-state index contributed by atoms with van der Waals surface area (Å²) >= 11 is 0. The van der Waals surface area contributed by atoms with Gasteiger partial charge in [0.15, 0.2) is 0 Å². The van der Waals surface area contributed by atoms with Gasteiger partial charge in [0.25, 0.3) is 0 Å². The summed E-state index contributed by atoms with van der Waals surface area (Å²) in [6, 6.07) is 8.28. The molecule has 1 saturated heterocycles. The van der Waals surface area contributed by atoms with E-state index in [0.717, 1.165) is 5.56 Å².